The third-order valence-electron chi connectivity index (χ3n) is 3.78. The van der Waals surface area contributed by atoms with Crippen LogP contribution in [-0.2, 0) is 9.59 Å². The minimum atomic E-state index is -0.812. The molecule has 0 rings (SSSR count). The zero-order chi connectivity index (χ0) is 17.3. The summed E-state index contributed by atoms with van der Waals surface area (Å²) in [4.78, 5) is 24.1. The van der Waals surface area contributed by atoms with Crippen molar-refractivity contribution >= 4 is 11.7 Å². The first-order chi connectivity index (χ1) is 10.2. The SMILES string of the molecule is C/C=C/CC(C)C(O)C(NC)C(=O)N[C@@H](CC(C)C)C(C)=O. The van der Waals surface area contributed by atoms with E-state index in [-0.39, 0.29) is 17.6 Å². The highest BCUT2D eigenvalue weighted by Crippen LogP contribution is 2.14. The minimum absolute atomic E-state index is 0.0553. The van der Waals surface area contributed by atoms with Crippen molar-refractivity contribution in [2.24, 2.45) is 11.8 Å². The number of hydrogen-bond donors (Lipinski definition) is 3. The number of aliphatic hydroxyl groups is 1. The fraction of sp³-hybridized carbons (Fsp3) is 0.765. The Morgan fingerprint density at radius 2 is 1.82 bits per heavy atom. The average molecular weight is 312 g/mol. The van der Waals surface area contributed by atoms with Crippen molar-refractivity contribution in [1.29, 1.82) is 0 Å². The summed E-state index contributed by atoms with van der Waals surface area (Å²) in [6, 6.07) is -1.23. The van der Waals surface area contributed by atoms with Crippen molar-refractivity contribution in [2.75, 3.05) is 7.05 Å². The normalized spacial score (nSPS) is 17.3. The zero-order valence-corrected chi connectivity index (χ0v) is 14.7. The first-order valence-corrected chi connectivity index (χ1v) is 8.01. The van der Waals surface area contributed by atoms with Gasteiger partial charge in [0.25, 0.3) is 0 Å². The summed E-state index contributed by atoms with van der Waals surface area (Å²) in [5.41, 5.74) is 0. The highest BCUT2D eigenvalue weighted by Gasteiger charge is 2.31. The van der Waals surface area contributed by atoms with Crippen LogP contribution < -0.4 is 10.6 Å². The molecule has 0 saturated heterocycles. The van der Waals surface area contributed by atoms with Gasteiger partial charge in [-0.15, -0.1) is 0 Å². The van der Waals surface area contributed by atoms with Crippen LogP contribution in [0.3, 0.4) is 0 Å². The van der Waals surface area contributed by atoms with Gasteiger partial charge in [-0.3, -0.25) is 9.59 Å². The zero-order valence-electron chi connectivity index (χ0n) is 14.7. The number of ketones is 1. The second-order valence-electron chi connectivity index (χ2n) is 6.34. The summed E-state index contributed by atoms with van der Waals surface area (Å²) in [5, 5.41) is 16.0. The van der Waals surface area contributed by atoms with Gasteiger partial charge < -0.3 is 15.7 Å². The van der Waals surface area contributed by atoms with Crippen LogP contribution in [0, 0.1) is 11.8 Å². The third kappa shape index (κ3) is 7.18. The Morgan fingerprint density at radius 1 is 1.23 bits per heavy atom. The highest BCUT2D eigenvalue weighted by atomic mass is 16.3. The van der Waals surface area contributed by atoms with Crippen LogP contribution in [0.2, 0.25) is 0 Å². The Labute approximate surface area is 134 Å². The molecule has 4 atom stereocenters. The summed E-state index contributed by atoms with van der Waals surface area (Å²) in [5.74, 6) is -0.141. The minimum Gasteiger partial charge on any atom is -0.391 e. The van der Waals surface area contributed by atoms with Gasteiger partial charge in [0, 0.05) is 0 Å². The first-order valence-electron chi connectivity index (χ1n) is 8.01. The van der Waals surface area contributed by atoms with Crippen molar-refractivity contribution in [2.45, 2.75) is 65.6 Å². The van der Waals surface area contributed by atoms with E-state index >= 15 is 0 Å². The van der Waals surface area contributed by atoms with Crippen LogP contribution in [0.15, 0.2) is 12.2 Å². The van der Waals surface area contributed by atoms with Gasteiger partial charge in [-0.25, -0.2) is 0 Å². The Hall–Kier alpha value is -1.20. The van der Waals surface area contributed by atoms with Gasteiger partial charge in [-0.1, -0.05) is 32.9 Å². The number of hydrogen-bond acceptors (Lipinski definition) is 4. The van der Waals surface area contributed by atoms with E-state index in [9.17, 15) is 14.7 Å². The molecule has 0 heterocycles. The Bertz CT molecular complexity index is 380. The van der Waals surface area contributed by atoms with Crippen molar-refractivity contribution < 1.29 is 14.7 Å². The predicted octanol–water partition coefficient (Wildman–Crippen LogP) is 1.66. The highest BCUT2D eigenvalue weighted by molar-refractivity contribution is 5.90. The maximum atomic E-state index is 12.4. The van der Waals surface area contributed by atoms with Crippen molar-refractivity contribution in [3.63, 3.8) is 0 Å². The molecule has 22 heavy (non-hydrogen) atoms. The van der Waals surface area contributed by atoms with Crippen molar-refractivity contribution in [1.82, 2.24) is 10.6 Å². The van der Waals surface area contributed by atoms with Gasteiger partial charge in [-0.2, -0.15) is 0 Å². The molecule has 1 amide bonds. The van der Waals surface area contributed by atoms with Crippen LogP contribution >= 0.6 is 0 Å². The number of allylic oxidation sites excluding steroid dienone is 2. The second kappa shape index (κ2) is 10.5. The van der Waals surface area contributed by atoms with Gasteiger partial charge in [0.2, 0.25) is 5.91 Å². The molecule has 0 bridgehead atoms. The maximum absolute atomic E-state index is 12.4. The molecule has 128 valence electrons. The van der Waals surface area contributed by atoms with Crippen LogP contribution in [0.4, 0.5) is 0 Å². The molecule has 0 aliphatic heterocycles. The molecule has 0 fully saturated rings. The number of aliphatic hydroxyl groups excluding tert-OH is 1. The monoisotopic (exact) mass is 312 g/mol. The van der Waals surface area contributed by atoms with E-state index in [1.807, 2.05) is 39.8 Å². The smallest absolute Gasteiger partial charge is 0.240 e. The van der Waals surface area contributed by atoms with E-state index in [0.29, 0.717) is 18.8 Å². The summed E-state index contributed by atoms with van der Waals surface area (Å²) < 4.78 is 0. The summed E-state index contributed by atoms with van der Waals surface area (Å²) in [7, 11) is 1.64. The second-order valence-corrected chi connectivity index (χ2v) is 6.34. The molecule has 5 heteroatoms. The van der Waals surface area contributed by atoms with Crippen molar-refractivity contribution in [3.8, 4) is 0 Å². The Kier molecular flexibility index (Phi) is 9.94. The number of carbonyl (C=O) groups is 2. The molecule has 0 aromatic heterocycles. The lowest BCUT2D eigenvalue weighted by Gasteiger charge is -2.28. The lowest BCUT2D eigenvalue weighted by atomic mass is 9.93. The van der Waals surface area contributed by atoms with Crippen molar-refractivity contribution in [3.05, 3.63) is 12.2 Å². The van der Waals surface area contributed by atoms with E-state index in [2.05, 4.69) is 10.6 Å². The number of likely N-dealkylation sites (N-methyl/N-ethyl adjacent to an activating group) is 1. The van der Waals surface area contributed by atoms with Crippen LogP contribution in [0.25, 0.3) is 0 Å². The van der Waals surface area contributed by atoms with E-state index < -0.39 is 18.2 Å². The fourth-order valence-electron chi connectivity index (χ4n) is 2.34. The largest absolute Gasteiger partial charge is 0.391 e. The molecular formula is C17H32N2O3. The summed E-state index contributed by atoms with van der Waals surface area (Å²) >= 11 is 0. The Morgan fingerprint density at radius 3 is 2.23 bits per heavy atom. The molecule has 5 nitrogen and oxygen atoms in total. The predicted molar refractivity (Wildman–Crippen MR) is 89.5 cm³/mol. The molecular weight excluding hydrogens is 280 g/mol. The topological polar surface area (TPSA) is 78.4 Å². The molecule has 0 radical (unpaired) electrons. The fourth-order valence-corrected chi connectivity index (χ4v) is 2.34. The lowest BCUT2D eigenvalue weighted by Crippen LogP contribution is -2.55. The van der Waals surface area contributed by atoms with Gasteiger partial charge in [0.1, 0.15) is 6.04 Å². The van der Waals surface area contributed by atoms with E-state index in [1.165, 1.54) is 6.92 Å². The van der Waals surface area contributed by atoms with E-state index in [0.717, 1.165) is 0 Å². The number of nitrogens with one attached hydrogen (secondary N) is 2. The van der Waals surface area contributed by atoms with Gasteiger partial charge in [0.15, 0.2) is 5.78 Å². The molecule has 0 saturated carbocycles. The molecule has 0 aliphatic rings. The molecule has 3 N–H and O–H groups in total. The van der Waals surface area contributed by atoms with Crippen LogP contribution in [0.1, 0.15) is 47.5 Å². The molecule has 0 aliphatic carbocycles. The molecule has 0 aromatic carbocycles. The van der Waals surface area contributed by atoms with E-state index in [4.69, 9.17) is 0 Å². The van der Waals surface area contributed by atoms with Gasteiger partial charge in [-0.05, 0) is 45.6 Å². The standard InChI is InChI=1S/C17H32N2O3/c1-7-8-9-12(4)16(21)15(18-6)17(22)19-14(13(5)20)10-11(2)3/h7-8,11-12,14-16,18,21H,9-10H2,1-6H3,(H,19,22)/b8-7+/t12?,14-,15?,16?/m0/s1. The number of amides is 1. The molecule has 0 spiro atoms. The number of carbonyl (C=O) groups excluding carboxylic acids is 2. The lowest BCUT2D eigenvalue weighted by molar-refractivity contribution is -0.131. The summed E-state index contributed by atoms with van der Waals surface area (Å²) in [6.45, 7) is 9.31. The average Bonchev–Trinajstić information content (AvgIpc) is 2.43. The first kappa shape index (κ1) is 20.8. The van der Waals surface area contributed by atoms with E-state index in [1.54, 1.807) is 7.05 Å². The Balaban J connectivity index is 4.84. The quantitative estimate of drug-likeness (QED) is 0.536. The van der Waals surface area contributed by atoms with Gasteiger partial charge >= 0.3 is 0 Å². The van der Waals surface area contributed by atoms with Crippen LogP contribution in [0.5, 0.6) is 0 Å². The molecule has 3 unspecified atom stereocenters. The van der Waals surface area contributed by atoms with Crippen LogP contribution in [-0.4, -0.2) is 42.0 Å². The summed E-state index contributed by atoms with van der Waals surface area (Å²) in [6.07, 6.45) is 4.38. The number of rotatable bonds is 10. The third-order valence-corrected chi connectivity index (χ3v) is 3.78. The van der Waals surface area contributed by atoms with Gasteiger partial charge in [0.05, 0.1) is 12.1 Å². The number of Topliss-reactive ketones (excluding diaryl/α,β-unsaturated/α-hetero) is 1. The molecule has 0 aromatic rings. The maximum Gasteiger partial charge on any atom is 0.240 e.